The molecule has 1 unspecified atom stereocenters. The summed E-state index contributed by atoms with van der Waals surface area (Å²) in [5.41, 5.74) is -0.00924. The fraction of sp³-hybridized carbons (Fsp3) is 0.0833. The predicted octanol–water partition coefficient (Wildman–Crippen LogP) is 5.62. The van der Waals surface area contributed by atoms with Crippen molar-refractivity contribution in [1.29, 1.82) is 0 Å². The highest BCUT2D eigenvalue weighted by Crippen LogP contribution is 2.39. The molecule has 1 atom stereocenters. The van der Waals surface area contributed by atoms with Gasteiger partial charge in [0.2, 0.25) is 5.91 Å². The van der Waals surface area contributed by atoms with Gasteiger partial charge < -0.3 is 0 Å². The highest BCUT2D eigenvalue weighted by Gasteiger charge is 2.43. The van der Waals surface area contributed by atoms with Crippen LogP contribution in [0.5, 0.6) is 0 Å². The van der Waals surface area contributed by atoms with E-state index in [0.717, 1.165) is 11.0 Å². The Morgan fingerprint density at radius 3 is 2.42 bits per heavy atom. The molecule has 2 amide bonds. The fourth-order valence-corrected chi connectivity index (χ4v) is 4.05. The second-order valence-electron chi connectivity index (χ2n) is 7.50. The van der Waals surface area contributed by atoms with E-state index in [1.165, 1.54) is 12.1 Å². The molecule has 5 nitrogen and oxygen atoms in total. The molecule has 0 radical (unpaired) electrons. The van der Waals surface area contributed by atoms with Crippen LogP contribution in [0.3, 0.4) is 0 Å². The van der Waals surface area contributed by atoms with E-state index in [0.29, 0.717) is 27.7 Å². The van der Waals surface area contributed by atoms with Crippen LogP contribution in [0.2, 0.25) is 5.02 Å². The van der Waals surface area contributed by atoms with Gasteiger partial charge in [-0.05, 0) is 48.0 Å². The van der Waals surface area contributed by atoms with Crippen LogP contribution in [0, 0.1) is 0 Å². The number of hydrogen-bond acceptors (Lipinski definition) is 4. The lowest BCUT2D eigenvalue weighted by Crippen LogP contribution is -2.46. The van der Waals surface area contributed by atoms with Crippen molar-refractivity contribution in [1.82, 2.24) is 9.97 Å². The van der Waals surface area contributed by atoms with Gasteiger partial charge in [0.05, 0.1) is 22.7 Å². The summed E-state index contributed by atoms with van der Waals surface area (Å²) in [7, 11) is 0. The second kappa shape index (κ2) is 7.67. The van der Waals surface area contributed by atoms with Crippen LogP contribution >= 0.6 is 11.6 Å². The van der Waals surface area contributed by atoms with Gasteiger partial charge in [-0.1, -0.05) is 29.8 Å². The first kappa shape index (κ1) is 21.1. The Morgan fingerprint density at radius 1 is 0.939 bits per heavy atom. The third-order valence-corrected chi connectivity index (χ3v) is 5.73. The molecular weight excluding hydrogens is 455 g/mol. The number of halogens is 4. The number of amides is 2. The Balaban J connectivity index is 1.71. The summed E-state index contributed by atoms with van der Waals surface area (Å²) in [6.45, 7) is 0. The number of rotatable bonds is 2. The molecule has 2 aromatic heterocycles. The average molecular weight is 468 g/mol. The third kappa shape index (κ3) is 3.62. The van der Waals surface area contributed by atoms with Gasteiger partial charge in [-0.3, -0.25) is 19.6 Å². The van der Waals surface area contributed by atoms with Crippen LogP contribution in [0.4, 0.5) is 18.9 Å². The SMILES string of the molecule is O=C1c2ncc(C(F)(F)F)cc2C(c2ccc(Cl)cc2)C(=O)N1c1ccc2ncccc2c1. The van der Waals surface area contributed by atoms with E-state index < -0.39 is 29.5 Å². The molecule has 5 rings (SSSR count). The maximum Gasteiger partial charge on any atom is 0.417 e. The maximum absolute atomic E-state index is 13.6. The first-order valence-corrected chi connectivity index (χ1v) is 10.2. The van der Waals surface area contributed by atoms with Crippen molar-refractivity contribution in [3.8, 4) is 0 Å². The zero-order valence-corrected chi connectivity index (χ0v) is 17.4. The van der Waals surface area contributed by atoms with E-state index in [1.54, 1.807) is 48.7 Å². The molecule has 33 heavy (non-hydrogen) atoms. The Morgan fingerprint density at radius 2 is 1.70 bits per heavy atom. The van der Waals surface area contributed by atoms with Gasteiger partial charge in [0.1, 0.15) is 5.69 Å². The van der Waals surface area contributed by atoms with Crippen molar-refractivity contribution < 1.29 is 22.8 Å². The molecule has 0 fully saturated rings. The van der Waals surface area contributed by atoms with Gasteiger partial charge in [-0.25, -0.2) is 4.90 Å². The molecule has 2 aromatic carbocycles. The highest BCUT2D eigenvalue weighted by molar-refractivity contribution is 6.30. The molecule has 1 aliphatic heterocycles. The zero-order chi connectivity index (χ0) is 23.3. The van der Waals surface area contributed by atoms with Crippen molar-refractivity contribution in [2.45, 2.75) is 12.1 Å². The molecule has 9 heteroatoms. The summed E-state index contributed by atoms with van der Waals surface area (Å²) in [6, 6.07) is 15.4. The number of hydrogen-bond donors (Lipinski definition) is 0. The Hall–Kier alpha value is -3.78. The number of imide groups is 1. The van der Waals surface area contributed by atoms with Gasteiger partial charge in [-0.15, -0.1) is 0 Å². The van der Waals surface area contributed by atoms with Crippen molar-refractivity contribution in [3.05, 3.63) is 100 Å². The highest BCUT2D eigenvalue weighted by atomic mass is 35.5. The van der Waals surface area contributed by atoms with Crippen LogP contribution in [0.15, 0.2) is 73.1 Å². The molecule has 0 spiro atoms. The van der Waals surface area contributed by atoms with Gasteiger partial charge in [0, 0.05) is 28.4 Å². The molecule has 0 bridgehead atoms. The van der Waals surface area contributed by atoms with E-state index >= 15 is 0 Å². The number of carbonyl (C=O) groups excluding carboxylic acids is 2. The van der Waals surface area contributed by atoms with Crippen LogP contribution in [0.1, 0.15) is 33.1 Å². The zero-order valence-electron chi connectivity index (χ0n) is 16.7. The van der Waals surface area contributed by atoms with Crippen LogP contribution < -0.4 is 4.90 Å². The second-order valence-corrected chi connectivity index (χ2v) is 7.94. The van der Waals surface area contributed by atoms with E-state index in [4.69, 9.17) is 11.6 Å². The molecular formula is C24H13ClF3N3O2. The maximum atomic E-state index is 13.6. The van der Waals surface area contributed by atoms with Crippen molar-refractivity contribution >= 4 is 40.0 Å². The lowest BCUT2D eigenvalue weighted by molar-refractivity contribution is -0.138. The number of benzene rings is 2. The van der Waals surface area contributed by atoms with Crippen LogP contribution in [0.25, 0.3) is 10.9 Å². The standard InChI is InChI=1S/C24H13ClF3N3O2/c25-16-5-3-13(4-6-16)20-18-11-15(24(26,27)28)12-30-21(18)23(33)31(22(20)32)17-7-8-19-14(10-17)2-1-9-29-19/h1-12,20H. The number of carbonyl (C=O) groups is 2. The largest absolute Gasteiger partial charge is 0.417 e. The number of aromatic nitrogens is 2. The summed E-state index contributed by atoms with van der Waals surface area (Å²) in [5, 5.41) is 1.10. The van der Waals surface area contributed by atoms with E-state index in [1.807, 2.05) is 0 Å². The number of pyridine rings is 2. The van der Waals surface area contributed by atoms with Crippen molar-refractivity contribution in [2.75, 3.05) is 4.90 Å². The molecule has 0 saturated heterocycles. The Kier molecular flexibility index (Phi) is 4.90. The summed E-state index contributed by atoms with van der Waals surface area (Å²) in [6.07, 6.45) is -2.46. The molecule has 4 aromatic rings. The minimum atomic E-state index is -4.68. The minimum absolute atomic E-state index is 0.0964. The third-order valence-electron chi connectivity index (χ3n) is 5.48. The van der Waals surface area contributed by atoms with E-state index in [-0.39, 0.29) is 16.9 Å². The smallest absolute Gasteiger partial charge is 0.273 e. The molecule has 1 aliphatic rings. The predicted molar refractivity (Wildman–Crippen MR) is 116 cm³/mol. The summed E-state index contributed by atoms with van der Waals surface area (Å²) in [5.74, 6) is -2.65. The van der Waals surface area contributed by atoms with Crippen LogP contribution in [-0.4, -0.2) is 21.8 Å². The quantitative estimate of drug-likeness (QED) is 0.359. The average Bonchev–Trinajstić information content (AvgIpc) is 2.79. The molecule has 0 aliphatic carbocycles. The Labute approximate surface area is 190 Å². The van der Waals surface area contributed by atoms with Gasteiger partial charge in [0.15, 0.2) is 0 Å². The minimum Gasteiger partial charge on any atom is -0.273 e. The first-order chi connectivity index (χ1) is 15.7. The van der Waals surface area contributed by atoms with Crippen molar-refractivity contribution in [2.24, 2.45) is 0 Å². The normalized spacial score (nSPS) is 16.2. The van der Waals surface area contributed by atoms with E-state index in [2.05, 4.69) is 9.97 Å². The lowest BCUT2D eigenvalue weighted by atomic mass is 9.84. The number of nitrogens with zero attached hydrogens (tertiary/aromatic N) is 3. The summed E-state index contributed by atoms with van der Waals surface area (Å²) in [4.78, 5) is 35.9. The topological polar surface area (TPSA) is 63.2 Å². The van der Waals surface area contributed by atoms with Crippen LogP contribution in [-0.2, 0) is 11.0 Å². The molecule has 3 heterocycles. The lowest BCUT2D eigenvalue weighted by Gasteiger charge is -2.32. The monoisotopic (exact) mass is 467 g/mol. The summed E-state index contributed by atoms with van der Waals surface area (Å²) >= 11 is 5.96. The molecule has 0 N–H and O–H groups in total. The Bertz CT molecular complexity index is 1420. The summed E-state index contributed by atoms with van der Waals surface area (Å²) < 4.78 is 40.1. The first-order valence-electron chi connectivity index (χ1n) is 9.80. The van der Waals surface area contributed by atoms with Gasteiger partial charge in [0.25, 0.3) is 5.91 Å². The number of anilines is 1. The number of fused-ring (bicyclic) bond motifs is 2. The van der Waals surface area contributed by atoms with E-state index in [9.17, 15) is 22.8 Å². The number of alkyl halides is 3. The molecule has 164 valence electrons. The van der Waals surface area contributed by atoms with Gasteiger partial charge in [-0.2, -0.15) is 13.2 Å². The van der Waals surface area contributed by atoms with Crippen molar-refractivity contribution in [3.63, 3.8) is 0 Å². The molecule has 0 saturated carbocycles. The van der Waals surface area contributed by atoms with Gasteiger partial charge >= 0.3 is 6.18 Å². The fourth-order valence-electron chi connectivity index (χ4n) is 3.93.